The van der Waals surface area contributed by atoms with E-state index in [1.54, 1.807) is 6.07 Å². The van der Waals surface area contributed by atoms with E-state index < -0.39 is 4.92 Å². The number of benzene rings is 2. The zero-order valence-corrected chi connectivity index (χ0v) is 13.4. The second-order valence-electron chi connectivity index (χ2n) is 5.87. The molecule has 6 nitrogen and oxygen atoms in total. The molecule has 0 saturated carbocycles. The Morgan fingerprint density at radius 3 is 2.64 bits per heavy atom. The summed E-state index contributed by atoms with van der Waals surface area (Å²) in [6.45, 7) is 0. The number of nitrogens with zero attached hydrogens (tertiary/aromatic N) is 3. The van der Waals surface area contributed by atoms with E-state index in [1.807, 2.05) is 36.4 Å². The van der Waals surface area contributed by atoms with Crippen molar-refractivity contribution < 1.29 is 9.66 Å². The van der Waals surface area contributed by atoms with Crippen LogP contribution in [0.5, 0.6) is 11.6 Å². The molecular formula is C19H15N3O3. The van der Waals surface area contributed by atoms with Crippen LogP contribution in [0.2, 0.25) is 0 Å². The van der Waals surface area contributed by atoms with Gasteiger partial charge in [-0.2, -0.15) is 0 Å². The molecule has 1 aliphatic carbocycles. The quantitative estimate of drug-likeness (QED) is 0.524. The largest absolute Gasteiger partial charge is 0.431 e. The van der Waals surface area contributed by atoms with Crippen molar-refractivity contribution in [2.75, 3.05) is 0 Å². The van der Waals surface area contributed by atoms with Gasteiger partial charge in [-0.05, 0) is 36.5 Å². The molecule has 0 saturated heterocycles. The number of nitro benzene ring substituents is 1. The van der Waals surface area contributed by atoms with E-state index in [0.29, 0.717) is 5.88 Å². The first-order chi connectivity index (χ1) is 12.2. The number of nitro groups is 1. The molecular weight excluding hydrogens is 318 g/mol. The molecule has 0 bridgehead atoms. The normalized spacial score (nSPS) is 12.6. The lowest BCUT2D eigenvalue weighted by molar-refractivity contribution is -0.385. The summed E-state index contributed by atoms with van der Waals surface area (Å²) in [5.41, 5.74) is 3.52. The van der Waals surface area contributed by atoms with Crippen molar-refractivity contribution in [2.45, 2.75) is 19.3 Å². The summed E-state index contributed by atoms with van der Waals surface area (Å²) in [5.74, 6) is 0.607. The van der Waals surface area contributed by atoms with E-state index in [0.717, 1.165) is 41.6 Å². The molecule has 2 aromatic carbocycles. The van der Waals surface area contributed by atoms with E-state index in [1.165, 1.54) is 12.4 Å². The third kappa shape index (κ3) is 2.94. The lowest BCUT2D eigenvalue weighted by Gasteiger charge is -2.10. The van der Waals surface area contributed by atoms with Gasteiger partial charge in [0.15, 0.2) is 0 Å². The molecule has 0 unspecified atom stereocenters. The summed E-state index contributed by atoms with van der Waals surface area (Å²) >= 11 is 0. The Bertz CT molecular complexity index is 942. The molecule has 1 aliphatic rings. The second kappa shape index (κ2) is 6.32. The number of aromatic nitrogens is 2. The highest BCUT2D eigenvalue weighted by molar-refractivity contribution is 5.69. The van der Waals surface area contributed by atoms with Crippen molar-refractivity contribution >= 4 is 5.69 Å². The molecule has 124 valence electrons. The fourth-order valence-electron chi connectivity index (χ4n) is 3.08. The van der Waals surface area contributed by atoms with Gasteiger partial charge in [-0.3, -0.25) is 10.1 Å². The third-order valence-electron chi connectivity index (χ3n) is 4.30. The van der Waals surface area contributed by atoms with Gasteiger partial charge in [-0.15, -0.1) is 0 Å². The van der Waals surface area contributed by atoms with Crippen LogP contribution in [0.1, 0.15) is 17.7 Å². The predicted molar refractivity (Wildman–Crippen MR) is 92.7 cm³/mol. The molecule has 0 fully saturated rings. The highest BCUT2D eigenvalue weighted by Crippen LogP contribution is 2.37. The first kappa shape index (κ1) is 15.3. The molecule has 0 aliphatic heterocycles. The van der Waals surface area contributed by atoms with Crippen molar-refractivity contribution in [1.29, 1.82) is 0 Å². The molecule has 1 aromatic heterocycles. The van der Waals surface area contributed by atoms with Crippen molar-refractivity contribution in [3.05, 3.63) is 76.2 Å². The third-order valence-corrected chi connectivity index (χ3v) is 4.30. The molecule has 6 heteroatoms. The summed E-state index contributed by atoms with van der Waals surface area (Å²) in [5, 5.41) is 11.5. The Morgan fingerprint density at radius 2 is 1.84 bits per heavy atom. The van der Waals surface area contributed by atoms with Gasteiger partial charge in [-0.1, -0.05) is 36.4 Å². The standard InChI is InChI=1S/C19H15N3O3/c23-22(24)17-11-14(13-5-2-1-3-6-13)9-10-18(17)25-19-15-7-4-8-16(15)20-12-21-19/h1-3,5-6,9-12H,4,7-8H2. The number of aryl methyl sites for hydroxylation is 1. The Morgan fingerprint density at radius 1 is 1.00 bits per heavy atom. The minimum atomic E-state index is -0.427. The first-order valence-electron chi connectivity index (χ1n) is 8.07. The van der Waals surface area contributed by atoms with Crippen LogP contribution < -0.4 is 4.74 Å². The highest BCUT2D eigenvalue weighted by Gasteiger charge is 2.22. The molecule has 0 N–H and O–H groups in total. The van der Waals surface area contributed by atoms with Crippen molar-refractivity contribution in [2.24, 2.45) is 0 Å². The monoisotopic (exact) mass is 333 g/mol. The Balaban J connectivity index is 1.73. The Labute approximate surface area is 144 Å². The molecule has 3 aromatic rings. The van der Waals surface area contributed by atoms with Gasteiger partial charge in [0.25, 0.3) is 0 Å². The lowest BCUT2D eigenvalue weighted by atomic mass is 10.0. The maximum Gasteiger partial charge on any atom is 0.312 e. The first-order valence-corrected chi connectivity index (χ1v) is 8.07. The number of fused-ring (bicyclic) bond motifs is 1. The topological polar surface area (TPSA) is 78.2 Å². The van der Waals surface area contributed by atoms with Crippen LogP contribution in [0.25, 0.3) is 11.1 Å². The number of hydrogen-bond acceptors (Lipinski definition) is 5. The molecule has 0 radical (unpaired) electrons. The van der Waals surface area contributed by atoms with Gasteiger partial charge in [0.2, 0.25) is 11.6 Å². The zero-order chi connectivity index (χ0) is 17.2. The average molecular weight is 333 g/mol. The van der Waals surface area contributed by atoms with Crippen LogP contribution in [-0.4, -0.2) is 14.9 Å². The minimum Gasteiger partial charge on any atom is -0.431 e. The predicted octanol–water partition coefficient (Wildman–Crippen LogP) is 4.33. The van der Waals surface area contributed by atoms with Crippen molar-refractivity contribution in [1.82, 2.24) is 9.97 Å². The van der Waals surface area contributed by atoms with Crippen LogP contribution in [0.3, 0.4) is 0 Å². The van der Waals surface area contributed by atoms with E-state index in [-0.39, 0.29) is 11.4 Å². The van der Waals surface area contributed by atoms with Gasteiger partial charge in [0, 0.05) is 11.6 Å². The number of rotatable bonds is 4. The van der Waals surface area contributed by atoms with Crippen LogP contribution >= 0.6 is 0 Å². The minimum absolute atomic E-state index is 0.0771. The summed E-state index contributed by atoms with van der Waals surface area (Å²) in [6.07, 6.45) is 4.17. The summed E-state index contributed by atoms with van der Waals surface area (Å²) < 4.78 is 5.81. The molecule has 0 atom stereocenters. The molecule has 0 amide bonds. The fraction of sp³-hybridized carbons (Fsp3) is 0.158. The molecule has 0 spiro atoms. The second-order valence-corrected chi connectivity index (χ2v) is 5.87. The fourth-order valence-corrected chi connectivity index (χ4v) is 3.08. The molecule has 25 heavy (non-hydrogen) atoms. The van der Waals surface area contributed by atoms with Gasteiger partial charge < -0.3 is 4.74 Å². The van der Waals surface area contributed by atoms with Crippen molar-refractivity contribution in [3.63, 3.8) is 0 Å². The van der Waals surface area contributed by atoms with Crippen molar-refractivity contribution in [3.8, 4) is 22.8 Å². The summed E-state index contributed by atoms with van der Waals surface area (Å²) in [4.78, 5) is 19.5. The summed E-state index contributed by atoms with van der Waals surface area (Å²) in [6, 6.07) is 14.5. The van der Waals surface area contributed by atoms with Crippen LogP contribution in [0, 0.1) is 10.1 Å². The number of ether oxygens (including phenoxy) is 1. The molecule has 1 heterocycles. The van der Waals surface area contributed by atoms with Crippen LogP contribution in [-0.2, 0) is 12.8 Å². The van der Waals surface area contributed by atoms with E-state index in [4.69, 9.17) is 4.74 Å². The Kier molecular flexibility index (Phi) is 3.85. The van der Waals surface area contributed by atoms with Gasteiger partial charge in [0.05, 0.1) is 10.6 Å². The molecule has 4 rings (SSSR count). The van der Waals surface area contributed by atoms with E-state index in [2.05, 4.69) is 9.97 Å². The van der Waals surface area contributed by atoms with Crippen LogP contribution in [0.15, 0.2) is 54.9 Å². The lowest BCUT2D eigenvalue weighted by Crippen LogP contribution is -1.99. The van der Waals surface area contributed by atoms with Gasteiger partial charge >= 0.3 is 5.69 Å². The van der Waals surface area contributed by atoms with Gasteiger partial charge in [0.1, 0.15) is 6.33 Å². The smallest absolute Gasteiger partial charge is 0.312 e. The maximum absolute atomic E-state index is 11.5. The van der Waals surface area contributed by atoms with E-state index in [9.17, 15) is 10.1 Å². The zero-order valence-electron chi connectivity index (χ0n) is 13.4. The van der Waals surface area contributed by atoms with Crippen LogP contribution in [0.4, 0.5) is 5.69 Å². The summed E-state index contributed by atoms with van der Waals surface area (Å²) in [7, 11) is 0. The Hall–Kier alpha value is -3.28. The maximum atomic E-state index is 11.5. The van der Waals surface area contributed by atoms with Gasteiger partial charge in [-0.25, -0.2) is 9.97 Å². The highest BCUT2D eigenvalue weighted by atomic mass is 16.6. The number of hydrogen-bond donors (Lipinski definition) is 0. The SMILES string of the molecule is O=[N+]([O-])c1cc(-c2ccccc2)ccc1Oc1ncnc2c1CCC2. The van der Waals surface area contributed by atoms with E-state index >= 15 is 0 Å². The average Bonchev–Trinajstić information content (AvgIpc) is 3.12.